The number of hydrogen-bond acceptors (Lipinski definition) is 7. The zero-order valence-electron chi connectivity index (χ0n) is 14.8. The van der Waals surface area contributed by atoms with Crippen LogP contribution in [0.4, 0.5) is 0 Å². The Bertz CT molecular complexity index is 653. The second-order valence-corrected chi connectivity index (χ2v) is 6.79. The highest BCUT2D eigenvalue weighted by molar-refractivity contribution is 7.98. The van der Waals surface area contributed by atoms with Crippen LogP contribution in [-0.2, 0) is 25.6 Å². The third-order valence-corrected chi connectivity index (χ3v) is 4.24. The van der Waals surface area contributed by atoms with Crippen LogP contribution < -0.4 is 22.1 Å². The molecular weight excluding hydrogens is 376 g/mol. The minimum absolute atomic E-state index is 0.141. The number of carbonyl (C=O) groups is 4. The molecule has 0 aliphatic heterocycles. The van der Waals surface area contributed by atoms with Crippen molar-refractivity contribution in [3.8, 4) is 0 Å². The van der Waals surface area contributed by atoms with Crippen LogP contribution in [0.2, 0.25) is 0 Å². The Morgan fingerprint density at radius 1 is 1.26 bits per heavy atom. The zero-order chi connectivity index (χ0) is 20.4. The number of aliphatic carboxylic acids is 1. The number of rotatable bonds is 12. The molecule has 0 saturated carbocycles. The van der Waals surface area contributed by atoms with Crippen molar-refractivity contribution < 1.29 is 24.3 Å². The Kier molecular flexibility index (Phi) is 9.30. The number of carbonyl (C=O) groups excluding carboxylic acids is 3. The first-order valence-electron chi connectivity index (χ1n) is 8.08. The molecular formula is C15H24N6O5S. The van der Waals surface area contributed by atoms with Crippen molar-refractivity contribution in [3.05, 3.63) is 18.2 Å². The van der Waals surface area contributed by atoms with Gasteiger partial charge in [-0.05, 0) is 18.4 Å². The van der Waals surface area contributed by atoms with Gasteiger partial charge < -0.3 is 32.2 Å². The zero-order valence-corrected chi connectivity index (χ0v) is 15.6. The number of nitrogens with zero attached hydrogens (tertiary/aromatic N) is 1. The van der Waals surface area contributed by atoms with E-state index in [1.807, 2.05) is 0 Å². The van der Waals surface area contributed by atoms with Crippen molar-refractivity contribution >= 4 is 35.5 Å². The molecule has 1 heterocycles. The molecule has 8 N–H and O–H groups in total. The number of imidazole rings is 1. The lowest BCUT2D eigenvalue weighted by molar-refractivity contribution is -0.142. The molecule has 0 bridgehead atoms. The topological polar surface area (TPSA) is 193 Å². The number of amides is 3. The van der Waals surface area contributed by atoms with E-state index in [0.29, 0.717) is 11.4 Å². The number of carboxylic acids is 1. The molecule has 3 atom stereocenters. The maximum absolute atomic E-state index is 12.4. The number of H-pyrrole nitrogens is 1. The van der Waals surface area contributed by atoms with E-state index in [2.05, 4.69) is 20.6 Å². The molecule has 11 nitrogen and oxygen atoms in total. The number of aromatic amines is 1. The van der Waals surface area contributed by atoms with Crippen molar-refractivity contribution in [1.29, 1.82) is 0 Å². The smallest absolute Gasteiger partial charge is 0.326 e. The van der Waals surface area contributed by atoms with Gasteiger partial charge in [-0.15, -0.1) is 0 Å². The number of primary amides is 1. The second kappa shape index (κ2) is 11.2. The van der Waals surface area contributed by atoms with Crippen LogP contribution >= 0.6 is 11.8 Å². The van der Waals surface area contributed by atoms with Gasteiger partial charge in [0, 0.05) is 18.3 Å². The molecule has 0 saturated heterocycles. The van der Waals surface area contributed by atoms with Crippen molar-refractivity contribution in [2.24, 2.45) is 11.5 Å². The first-order chi connectivity index (χ1) is 12.7. The molecule has 12 heteroatoms. The standard InChI is InChI=1S/C15H24N6O5S/c1-27-3-2-10(15(25)26)20-14(24)11(5-12(17)22)21-13(23)9(16)4-8-6-18-7-19-8/h6-7,9-11H,2-5,16H2,1H3,(H2,17,22)(H,18,19)(H,20,24)(H,21,23)(H,25,26). The van der Waals surface area contributed by atoms with Crippen molar-refractivity contribution in [2.75, 3.05) is 12.0 Å². The predicted molar refractivity (Wildman–Crippen MR) is 98.6 cm³/mol. The van der Waals surface area contributed by atoms with Gasteiger partial charge in [0.2, 0.25) is 17.7 Å². The van der Waals surface area contributed by atoms with Crippen LogP contribution in [-0.4, -0.2) is 68.9 Å². The van der Waals surface area contributed by atoms with Crippen molar-refractivity contribution in [3.63, 3.8) is 0 Å². The van der Waals surface area contributed by atoms with Crippen LogP contribution in [0.15, 0.2) is 12.5 Å². The molecule has 0 aliphatic rings. The Morgan fingerprint density at radius 2 is 1.93 bits per heavy atom. The van der Waals surface area contributed by atoms with E-state index in [0.717, 1.165) is 0 Å². The van der Waals surface area contributed by atoms with Crippen LogP contribution in [0.3, 0.4) is 0 Å². The van der Waals surface area contributed by atoms with Gasteiger partial charge in [0.25, 0.3) is 0 Å². The summed E-state index contributed by atoms with van der Waals surface area (Å²) in [5.74, 6) is -3.02. The fourth-order valence-corrected chi connectivity index (χ4v) is 2.65. The normalized spacial score (nSPS) is 14.0. The minimum Gasteiger partial charge on any atom is -0.480 e. The van der Waals surface area contributed by atoms with Crippen LogP contribution in [0, 0.1) is 0 Å². The molecule has 3 amide bonds. The highest BCUT2D eigenvalue weighted by Gasteiger charge is 2.29. The number of hydrogen-bond donors (Lipinski definition) is 6. The van der Waals surface area contributed by atoms with Gasteiger partial charge in [-0.2, -0.15) is 11.8 Å². The van der Waals surface area contributed by atoms with Crippen LogP contribution in [0.1, 0.15) is 18.5 Å². The van der Waals surface area contributed by atoms with Gasteiger partial charge in [-0.1, -0.05) is 0 Å². The van der Waals surface area contributed by atoms with E-state index >= 15 is 0 Å². The number of carboxylic acid groups (broad SMARTS) is 1. The molecule has 0 radical (unpaired) electrons. The first-order valence-corrected chi connectivity index (χ1v) is 9.47. The van der Waals surface area contributed by atoms with E-state index in [1.165, 1.54) is 24.3 Å². The number of nitrogens with one attached hydrogen (secondary N) is 3. The summed E-state index contributed by atoms with van der Waals surface area (Å²) in [6.07, 6.45) is 4.59. The lowest BCUT2D eigenvalue weighted by atomic mass is 10.1. The SMILES string of the molecule is CSCCC(NC(=O)C(CC(N)=O)NC(=O)C(N)Cc1cnc[nH]1)C(=O)O. The number of aromatic nitrogens is 2. The van der Waals surface area contributed by atoms with E-state index in [-0.39, 0.29) is 12.8 Å². The molecule has 27 heavy (non-hydrogen) atoms. The van der Waals surface area contributed by atoms with E-state index in [9.17, 15) is 24.3 Å². The lowest BCUT2D eigenvalue weighted by Gasteiger charge is -2.22. The lowest BCUT2D eigenvalue weighted by Crippen LogP contribution is -2.55. The fourth-order valence-electron chi connectivity index (χ4n) is 2.18. The summed E-state index contributed by atoms with van der Waals surface area (Å²) in [6.45, 7) is 0. The Balaban J connectivity index is 2.74. The monoisotopic (exact) mass is 400 g/mol. The third kappa shape index (κ3) is 8.09. The quantitative estimate of drug-likeness (QED) is 0.231. The van der Waals surface area contributed by atoms with Gasteiger partial charge in [0.15, 0.2) is 0 Å². The summed E-state index contributed by atoms with van der Waals surface area (Å²) in [5, 5.41) is 13.9. The largest absolute Gasteiger partial charge is 0.480 e. The van der Waals surface area contributed by atoms with Crippen molar-refractivity contribution in [2.45, 2.75) is 37.4 Å². The molecule has 3 unspecified atom stereocenters. The van der Waals surface area contributed by atoms with Gasteiger partial charge in [0.1, 0.15) is 12.1 Å². The Labute approximate surface area is 160 Å². The van der Waals surface area contributed by atoms with E-state index < -0.39 is 48.2 Å². The summed E-state index contributed by atoms with van der Waals surface area (Å²) < 4.78 is 0. The molecule has 150 valence electrons. The Morgan fingerprint density at radius 3 is 2.44 bits per heavy atom. The average Bonchev–Trinajstić information content (AvgIpc) is 3.09. The minimum atomic E-state index is -1.32. The van der Waals surface area contributed by atoms with Gasteiger partial charge >= 0.3 is 5.97 Å². The molecule has 1 rings (SSSR count). The maximum Gasteiger partial charge on any atom is 0.326 e. The highest BCUT2D eigenvalue weighted by atomic mass is 32.2. The predicted octanol–water partition coefficient (Wildman–Crippen LogP) is -2.04. The van der Waals surface area contributed by atoms with Gasteiger partial charge in [0.05, 0.1) is 18.8 Å². The van der Waals surface area contributed by atoms with Crippen LogP contribution in [0.25, 0.3) is 0 Å². The van der Waals surface area contributed by atoms with Gasteiger partial charge in [-0.25, -0.2) is 9.78 Å². The van der Waals surface area contributed by atoms with E-state index in [4.69, 9.17) is 11.5 Å². The van der Waals surface area contributed by atoms with Gasteiger partial charge in [-0.3, -0.25) is 14.4 Å². The molecule has 0 aliphatic carbocycles. The summed E-state index contributed by atoms with van der Waals surface area (Å²) in [5.41, 5.74) is 11.5. The summed E-state index contributed by atoms with van der Waals surface area (Å²) in [4.78, 5) is 53.7. The first kappa shape index (κ1) is 22.4. The average molecular weight is 400 g/mol. The summed E-state index contributed by atoms with van der Waals surface area (Å²) in [6, 6.07) is -3.46. The fraction of sp³-hybridized carbons (Fsp3) is 0.533. The third-order valence-electron chi connectivity index (χ3n) is 3.59. The number of nitrogens with two attached hydrogens (primary N) is 2. The molecule has 1 aromatic rings. The van der Waals surface area contributed by atoms with Crippen molar-refractivity contribution in [1.82, 2.24) is 20.6 Å². The maximum atomic E-state index is 12.4. The summed E-state index contributed by atoms with van der Waals surface area (Å²) >= 11 is 1.43. The van der Waals surface area contributed by atoms with E-state index in [1.54, 1.807) is 6.26 Å². The Hall–Kier alpha value is -2.60. The molecule has 0 spiro atoms. The molecule has 0 fully saturated rings. The second-order valence-electron chi connectivity index (χ2n) is 5.80. The summed E-state index contributed by atoms with van der Waals surface area (Å²) in [7, 11) is 0. The molecule has 1 aromatic heterocycles. The molecule has 0 aromatic carbocycles. The number of thioether (sulfide) groups is 1. The highest BCUT2D eigenvalue weighted by Crippen LogP contribution is 2.03. The van der Waals surface area contributed by atoms with Crippen LogP contribution in [0.5, 0.6) is 0 Å².